The van der Waals surface area contributed by atoms with Gasteiger partial charge in [-0.3, -0.25) is 19.6 Å². The summed E-state index contributed by atoms with van der Waals surface area (Å²) < 4.78 is 0. The molecule has 3 rings (SSSR count). The molecule has 3 aliphatic rings. The molecule has 4 N–H and O–H groups in total. The van der Waals surface area contributed by atoms with E-state index in [4.69, 9.17) is 5.73 Å². The van der Waals surface area contributed by atoms with Crippen LogP contribution in [0.5, 0.6) is 0 Å². The van der Waals surface area contributed by atoms with Gasteiger partial charge < -0.3 is 21.3 Å². The number of carbonyl (C=O) groups excluding carboxylic acids is 1. The number of amides is 1. The topological polar surface area (TPSA) is 89.2 Å². The largest absolute Gasteiger partial charge is 0.369 e. The van der Waals surface area contributed by atoms with Crippen molar-refractivity contribution in [2.45, 2.75) is 56.5 Å². The second kappa shape index (κ2) is 12.4. The number of carbonyl (C=O) groups is 1. The number of rotatable bonds is 6. The van der Waals surface area contributed by atoms with Gasteiger partial charge in [-0.1, -0.05) is 6.42 Å². The average Bonchev–Trinajstić information content (AvgIpc) is 2.74. The molecular weight excluding hydrogens is 493 g/mol. The van der Waals surface area contributed by atoms with Crippen LogP contribution in [0.15, 0.2) is 4.99 Å². The molecular formula is C21H42IN7O. The Morgan fingerprint density at radius 3 is 2.27 bits per heavy atom. The first-order valence-electron chi connectivity index (χ1n) is 11.4. The second-order valence-corrected chi connectivity index (χ2v) is 9.16. The molecule has 3 heterocycles. The first kappa shape index (κ1) is 25.6. The van der Waals surface area contributed by atoms with Crippen LogP contribution in [0.25, 0.3) is 0 Å². The van der Waals surface area contributed by atoms with Crippen LogP contribution in [0, 0.1) is 0 Å². The normalized spacial score (nSPS) is 24.8. The summed E-state index contributed by atoms with van der Waals surface area (Å²) in [5.41, 5.74) is 5.57. The Morgan fingerprint density at radius 1 is 1.07 bits per heavy atom. The summed E-state index contributed by atoms with van der Waals surface area (Å²) in [5.74, 6) is 0.670. The number of guanidine groups is 1. The van der Waals surface area contributed by atoms with Gasteiger partial charge in [0.15, 0.2) is 5.96 Å². The van der Waals surface area contributed by atoms with Gasteiger partial charge in [0.05, 0.1) is 6.54 Å². The van der Waals surface area contributed by atoms with E-state index in [1.807, 2.05) is 7.05 Å². The number of aliphatic imine (C=N–C) groups is 1. The summed E-state index contributed by atoms with van der Waals surface area (Å²) in [6.07, 6.45) is 8.49. The van der Waals surface area contributed by atoms with Crippen molar-refractivity contribution >= 4 is 35.8 Å². The molecule has 0 spiro atoms. The van der Waals surface area contributed by atoms with E-state index < -0.39 is 0 Å². The molecule has 3 saturated heterocycles. The number of nitrogens with two attached hydrogens (primary N) is 1. The Morgan fingerprint density at radius 2 is 1.70 bits per heavy atom. The van der Waals surface area contributed by atoms with Crippen molar-refractivity contribution in [1.29, 1.82) is 0 Å². The highest BCUT2D eigenvalue weighted by molar-refractivity contribution is 14.0. The van der Waals surface area contributed by atoms with Crippen molar-refractivity contribution in [3.05, 3.63) is 0 Å². The van der Waals surface area contributed by atoms with Crippen LogP contribution in [-0.4, -0.2) is 105 Å². The lowest BCUT2D eigenvalue weighted by Gasteiger charge is -2.50. The monoisotopic (exact) mass is 535 g/mol. The minimum Gasteiger partial charge on any atom is -0.369 e. The van der Waals surface area contributed by atoms with Crippen LogP contribution in [-0.2, 0) is 4.79 Å². The Kier molecular flexibility index (Phi) is 10.6. The number of hydrogen-bond acceptors (Lipinski definition) is 5. The van der Waals surface area contributed by atoms with Gasteiger partial charge in [0.25, 0.3) is 0 Å². The van der Waals surface area contributed by atoms with E-state index >= 15 is 0 Å². The molecule has 3 aliphatic heterocycles. The van der Waals surface area contributed by atoms with Crippen LogP contribution in [0.3, 0.4) is 0 Å². The lowest BCUT2D eigenvalue weighted by molar-refractivity contribution is -0.119. The summed E-state index contributed by atoms with van der Waals surface area (Å²) >= 11 is 0. The van der Waals surface area contributed by atoms with E-state index in [0.717, 1.165) is 38.4 Å². The van der Waals surface area contributed by atoms with E-state index in [-0.39, 0.29) is 35.4 Å². The summed E-state index contributed by atoms with van der Waals surface area (Å²) in [7, 11) is 4.10. The van der Waals surface area contributed by atoms with E-state index in [2.05, 4.69) is 37.4 Å². The van der Waals surface area contributed by atoms with Gasteiger partial charge in [-0.15, -0.1) is 24.0 Å². The molecule has 1 amide bonds. The Bertz CT molecular complexity index is 552. The van der Waals surface area contributed by atoms with E-state index in [0.29, 0.717) is 12.6 Å². The number of hydrogen-bond donors (Lipinski definition) is 3. The quantitative estimate of drug-likeness (QED) is 0.263. The Balaban J connectivity index is 0.00000320. The van der Waals surface area contributed by atoms with Crippen molar-refractivity contribution in [3.8, 4) is 0 Å². The number of nitrogens with one attached hydrogen (secondary N) is 2. The first-order chi connectivity index (χ1) is 14.0. The maximum absolute atomic E-state index is 11.1. The molecule has 30 heavy (non-hydrogen) atoms. The third-order valence-corrected chi connectivity index (χ3v) is 7.06. The third-order valence-electron chi connectivity index (χ3n) is 7.06. The standard InChI is InChI=1S/C21H41N7O.HI/c1-23-20(25-18-6-12-27(13-7-18)16-19(22)29)24-17-21(8-14-26(2)15-9-21)28-10-4-3-5-11-28;/h18H,3-17H2,1-2H3,(H2,22,29)(H2,23,24,25);1H. The number of nitrogens with zero attached hydrogens (tertiary/aromatic N) is 4. The van der Waals surface area contributed by atoms with E-state index in [1.165, 1.54) is 58.3 Å². The molecule has 9 heteroatoms. The summed E-state index contributed by atoms with van der Waals surface area (Å²) in [6, 6.07) is 0.397. The molecule has 0 radical (unpaired) electrons. The van der Waals surface area contributed by atoms with Crippen molar-refractivity contribution in [2.24, 2.45) is 10.7 Å². The van der Waals surface area contributed by atoms with Gasteiger partial charge >= 0.3 is 0 Å². The SMILES string of the molecule is CN=C(NCC1(N2CCCCC2)CCN(C)CC1)NC1CCN(CC(N)=O)CC1.I. The number of primary amides is 1. The fourth-order valence-electron chi connectivity index (χ4n) is 5.10. The lowest BCUT2D eigenvalue weighted by Crippen LogP contribution is -2.62. The van der Waals surface area contributed by atoms with Crippen LogP contribution in [0.4, 0.5) is 0 Å². The van der Waals surface area contributed by atoms with Crippen molar-refractivity contribution < 1.29 is 4.79 Å². The Hall–Kier alpha value is -0.650. The van der Waals surface area contributed by atoms with Gasteiger partial charge in [0, 0.05) is 38.3 Å². The number of likely N-dealkylation sites (tertiary alicyclic amines) is 3. The van der Waals surface area contributed by atoms with Crippen LogP contribution >= 0.6 is 24.0 Å². The van der Waals surface area contributed by atoms with E-state index in [9.17, 15) is 4.79 Å². The van der Waals surface area contributed by atoms with Crippen LogP contribution in [0.1, 0.15) is 44.9 Å². The maximum atomic E-state index is 11.1. The summed E-state index contributed by atoms with van der Waals surface area (Å²) in [4.78, 5) is 23.0. The van der Waals surface area contributed by atoms with Gasteiger partial charge in [-0.25, -0.2) is 0 Å². The molecule has 0 aromatic rings. The second-order valence-electron chi connectivity index (χ2n) is 9.16. The average molecular weight is 536 g/mol. The highest BCUT2D eigenvalue weighted by Crippen LogP contribution is 2.30. The number of piperidine rings is 3. The maximum Gasteiger partial charge on any atom is 0.231 e. The van der Waals surface area contributed by atoms with Crippen LogP contribution < -0.4 is 16.4 Å². The highest BCUT2D eigenvalue weighted by Gasteiger charge is 2.39. The fourth-order valence-corrected chi connectivity index (χ4v) is 5.10. The summed E-state index contributed by atoms with van der Waals surface area (Å²) in [5, 5.41) is 7.29. The zero-order chi connectivity index (χ0) is 20.7. The molecule has 0 aromatic heterocycles. The molecule has 0 aliphatic carbocycles. The predicted octanol–water partition coefficient (Wildman–Crippen LogP) is 0.669. The molecule has 0 aromatic carbocycles. The smallest absolute Gasteiger partial charge is 0.231 e. The number of halogens is 1. The fraction of sp³-hybridized carbons (Fsp3) is 0.905. The molecule has 0 atom stereocenters. The van der Waals surface area contributed by atoms with E-state index in [1.54, 1.807) is 0 Å². The van der Waals surface area contributed by atoms with Crippen molar-refractivity contribution in [2.75, 3.05) is 66.5 Å². The molecule has 8 nitrogen and oxygen atoms in total. The van der Waals surface area contributed by atoms with Crippen LogP contribution in [0.2, 0.25) is 0 Å². The van der Waals surface area contributed by atoms with Gasteiger partial charge in [0.1, 0.15) is 0 Å². The summed E-state index contributed by atoms with van der Waals surface area (Å²) in [6.45, 7) is 7.94. The molecule has 0 bridgehead atoms. The highest BCUT2D eigenvalue weighted by atomic mass is 127. The predicted molar refractivity (Wildman–Crippen MR) is 133 cm³/mol. The van der Waals surface area contributed by atoms with Gasteiger partial charge in [0.2, 0.25) is 5.91 Å². The minimum absolute atomic E-state index is 0. The van der Waals surface area contributed by atoms with Gasteiger partial charge in [-0.2, -0.15) is 0 Å². The van der Waals surface area contributed by atoms with Crippen molar-refractivity contribution in [3.63, 3.8) is 0 Å². The zero-order valence-electron chi connectivity index (χ0n) is 18.9. The molecule has 0 saturated carbocycles. The Labute approximate surface area is 199 Å². The molecule has 0 unspecified atom stereocenters. The molecule has 174 valence electrons. The third kappa shape index (κ3) is 7.20. The molecule has 3 fully saturated rings. The first-order valence-corrected chi connectivity index (χ1v) is 11.4. The minimum atomic E-state index is -0.241. The van der Waals surface area contributed by atoms with Crippen molar-refractivity contribution in [1.82, 2.24) is 25.3 Å². The van der Waals surface area contributed by atoms with Gasteiger partial charge in [-0.05, 0) is 71.8 Å². The lowest BCUT2D eigenvalue weighted by atomic mass is 9.84. The zero-order valence-corrected chi connectivity index (χ0v) is 21.2.